The van der Waals surface area contributed by atoms with E-state index in [0.29, 0.717) is 5.95 Å². The van der Waals surface area contributed by atoms with Crippen LogP contribution in [0.3, 0.4) is 0 Å². The molecule has 0 unspecified atom stereocenters. The number of nitrogens with two attached hydrogens (primary N) is 1. The number of hydrogen-bond acceptors (Lipinski definition) is 4. The third kappa shape index (κ3) is 3.95. The molecule has 2 aromatic rings. The van der Waals surface area contributed by atoms with Gasteiger partial charge in [-0.1, -0.05) is 25.5 Å². The van der Waals surface area contributed by atoms with Crippen LogP contribution < -0.4 is 11.1 Å². The van der Waals surface area contributed by atoms with Crippen molar-refractivity contribution in [3.63, 3.8) is 0 Å². The quantitative estimate of drug-likeness (QED) is 0.860. The van der Waals surface area contributed by atoms with Gasteiger partial charge in [0.15, 0.2) is 0 Å². The predicted molar refractivity (Wildman–Crippen MR) is 79.5 cm³/mol. The van der Waals surface area contributed by atoms with Crippen molar-refractivity contribution in [1.29, 1.82) is 0 Å². The molecule has 3 N–H and O–H groups in total. The molecule has 0 aliphatic heterocycles. The molecule has 0 spiro atoms. The summed E-state index contributed by atoms with van der Waals surface area (Å²) in [7, 11) is 0. The molecule has 1 aromatic heterocycles. The van der Waals surface area contributed by atoms with E-state index >= 15 is 0 Å². The Kier molecular flexibility index (Phi) is 4.34. The maximum atomic E-state index is 5.63. The van der Waals surface area contributed by atoms with Gasteiger partial charge in [-0.05, 0) is 37.5 Å². The van der Waals surface area contributed by atoms with Crippen LogP contribution in [0.1, 0.15) is 31.0 Å². The summed E-state index contributed by atoms with van der Waals surface area (Å²) in [5.74, 6) is 1.02. The van der Waals surface area contributed by atoms with Gasteiger partial charge in [0.25, 0.3) is 0 Å². The minimum absolute atomic E-state index is 0.294. The maximum absolute atomic E-state index is 5.63. The lowest BCUT2D eigenvalue weighted by Gasteiger charge is -2.08. The Balaban J connectivity index is 2.06. The van der Waals surface area contributed by atoms with Crippen molar-refractivity contribution in [3.8, 4) is 0 Å². The molecule has 1 aromatic carbocycles. The highest BCUT2D eigenvalue weighted by Crippen LogP contribution is 2.17. The van der Waals surface area contributed by atoms with Crippen LogP contribution in [0.5, 0.6) is 0 Å². The van der Waals surface area contributed by atoms with Gasteiger partial charge in [-0.2, -0.15) is 4.98 Å². The topological polar surface area (TPSA) is 63.8 Å². The largest absolute Gasteiger partial charge is 0.368 e. The zero-order valence-corrected chi connectivity index (χ0v) is 11.5. The van der Waals surface area contributed by atoms with Crippen molar-refractivity contribution in [2.24, 2.45) is 0 Å². The van der Waals surface area contributed by atoms with Gasteiger partial charge in [-0.3, -0.25) is 0 Å². The summed E-state index contributed by atoms with van der Waals surface area (Å²) in [5.41, 5.74) is 8.86. The molecule has 0 saturated heterocycles. The Morgan fingerprint density at radius 2 is 1.89 bits per heavy atom. The van der Waals surface area contributed by atoms with Gasteiger partial charge in [0.05, 0.1) is 0 Å². The van der Waals surface area contributed by atoms with Gasteiger partial charge in [-0.25, -0.2) is 4.98 Å². The summed E-state index contributed by atoms with van der Waals surface area (Å²) in [6, 6.07) is 10.3. The van der Waals surface area contributed by atoms with Crippen LogP contribution >= 0.6 is 0 Å². The molecule has 1 heterocycles. The fourth-order valence-corrected chi connectivity index (χ4v) is 1.94. The molecule has 4 heteroatoms. The Hall–Kier alpha value is -2.10. The first-order valence-electron chi connectivity index (χ1n) is 6.64. The molecule has 4 nitrogen and oxygen atoms in total. The van der Waals surface area contributed by atoms with Crippen molar-refractivity contribution in [1.82, 2.24) is 9.97 Å². The number of nitrogen functional groups attached to an aromatic ring is 1. The van der Waals surface area contributed by atoms with Crippen LogP contribution in [0, 0.1) is 6.92 Å². The average molecular weight is 256 g/mol. The average Bonchev–Trinajstić information content (AvgIpc) is 2.37. The lowest BCUT2D eigenvalue weighted by Crippen LogP contribution is -2.01. The minimum Gasteiger partial charge on any atom is -0.368 e. The second kappa shape index (κ2) is 6.18. The fourth-order valence-electron chi connectivity index (χ4n) is 1.94. The monoisotopic (exact) mass is 256 g/mol. The van der Waals surface area contributed by atoms with Gasteiger partial charge in [-0.15, -0.1) is 0 Å². The normalized spacial score (nSPS) is 10.4. The molecular weight excluding hydrogens is 236 g/mol. The van der Waals surface area contributed by atoms with Crippen molar-refractivity contribution >= 4 is 17.5 Å². The first-order chi connectivity index (χ1) is 9.17. The number of unbranched alkanes of at least 4 members (excludes halogenated alkanes) is 1. The van der Waals surface area contributed by atoms with Crippen molar-refractivity contribution in [2.45, 2.75) is 33.1 Å². The van der Waals surface area contributed by atoms with Crippen LogP contribution in [-0.2, 0) is 6.42 Å². The Bertz CT molecular complexity index is 514. The number of benzene rings is 1. The number of aromatic nitrogens is 2. The van der Waals surface area contributed by atoms with Crippen LogP contribution in [0.15, 0.2) is 30.3 Å². The summed E-state index contributed by atoms with van der Waals surface area (Å²) in [6.07, 6.45) is 3.59. The first-order valence-corrected chi connectivity index (χ1v) is 6.64. The maximum Gasteiger partial charge on any atom is 0.222 e. The molecular formula is C15H20N4. The molecule has 0 saturated carbocycles. The highest BCUT2D eigenvalue weighted by molar-refractivity contribution is 5.57. The third-order valence-corrected chi connectivity index (χ3v) is 2.92. The van der Waals surface area contributed by atoms with Gasteiger partial charge in [0.1, 0.15) is 5.82 Å². The first kappa shape index (κ1) is 13.3. The SMILES string of the molecule is CCCCc1ccc(Nc2cc(C)nc(N)n2)cc1. The van der Waals surface area contributed by atoms with E-state index in [-0.39, 0.29) is 0 Å². The van der Waals surface area contributed by atoms with Crippen molar-refractivity contribution in [2.75, 3.05) is 11.1 Å². The molecule has 0 aliphatic carbocycles. The molecule has 0 amide bonds. The van der Waals surface area contributed by atoms with Crippen LogP contribution in [0.2, 0.25) is 0 Å². The summed E-state index contributed by atoms with van der Waals surface area (Å²) < 4.78 is 0. The molecule has 0 radical (unpaired) electrons. The second-order valence-electron chi connectivity index (χ2n) is 4.68. The molecule has 0 atom stereocenters. The van der Waals surface area contributed by atoms with Crippen LogP contribution in [0.25, 0.3) is 0 Å². The van der Waals surface area contributed by atoms with E-state index in [1.165, 1.54) is 18.4 Å². The number of anilines is 3. The summed E-state index contributed by atoms with van der Waals surface area (Å²) in [6.45, 7) is 4.11. The second-order valence-corrected chi connectivity index (χ2v) is 4.68. The minimum atomic E-state index is 0.294. The van der Waals surface area contributed by atoms with Crippen LogP contribution in [0.4, 0.5) is 17.5 Å². The van der Waals surface area contributed by atoms with E-state index in [4.69, 9.17) is 5.73 Å². The number of aryl methyl sites for hydroxylation is 2. The summed E-state index contributed by atoms with van der Waals surface area (Å²) >= 11 is 0. The standard InChI is InChI=1S/C15H20N4/c1-3-4-5-12-6-8-13(9-7-12)18-14-10-11(2)17-15(16)19-14/h6-10H,3-5H2,1-2H3,(H3,16,17,18,19). The Morgan fingerprint density at radius 1 is 1.16 bits per heavy atom. The molecule has 0 bridgehead atoms. The molecule has 19 heavy (non-hydrogen) atoms. The molecule has 0 aliphatic rings. The van der Waals surface area contributed by atoms with Crippen molar-refractivity contribution in [3.05, 3.63) is 41.6 Å². The van der Waals surface area contributed by atoms with E-state index in [1.807, 2.05) is 13.0 Å². The lowest BCUT2D eigenvalue weighted by atomic mass is 10.1. The summed E-state index contributed by atoms with van der Waals surface area (Å²) in [4.78, 5) is 8.21. The van der Waals surface area contributed by atoms with Gasteiger partial charge in [0, 0.05) is 17.4 Å². The number of rotatable bonds is 5. The molecule has 2 rings (SSSR count). The lowest BCUT2D eigenvalue weighted by molar-refractivity contribution is 0.795. The summed E-state index contributed by atoms with van der Waals surface area (Å²) in [5, 5.41) is 3.24. The third-order valence-electron chi connectivity index (χ3n) is 2.92. The highest BCUT2D eigenvalue weighted by Gasteiger charge is 2.00. The van der Waals surface area contributed by atoms with Gasteiger partial charge < -0.3 is 11.1 Å². The van der Waals surface area contributed by atoms with Crippen molar-refractivity contribution < 1.29 is 0 Å². The Morgan fingerprint density at radius 3 is 2.53 bits per heavy atom. The number of hydrogen-bond donors (Lipinski definition) is 2. The van der Waals surface area contributed by atoms with E-state index in [1.54, 1.807) is 0 Å². The fraction of sp³-hybridized carbons (Fsp3) is 0.333. The predicted octanol–water partition coefficient (Wildman–Crippen LogP) is 3.45. The van der Waals surface area contributed by atoms with Gasteiger partial charge in [0.2, 0.25) is 5.95 Å². The number of nitrogens with one attached hydrogen (secondary N) is 1. The van der Waals surface area contributed by atoms with Crippen LogP contribution in [-0.4, -0.2) is 9.97 Å². The van der Waals surface area contributed by atoms with E-state index in [0.717, 1.165) is 23.6 Å². The van der Waals surface area contributed by atoms with E-state index in [9.17, 15) is 0 Å². The zero-order chi connectivity index (χ0) is 13.7. The van der Waals surface area contributed by atoms with E-state index < -0.39 is 0 Å². The zero-order valence-electron chi connectivity index (χ0n) is 11.5. The Labute approximate surface area is 114 Å². The number of nitrogens with zero attached hydrogens (tertiary/aromatic N) is 2. The smallest absolute Gasteiger partial charge is 0.222 e. The molecule has 0 fully saturated rings. The van der Waals surface area contributed by atoms with Gasteiger partial charge >= 0.3 is 0 Å². The van der Waals surface area contributed by atoms with E-state index in [2.05, 4.69) is 46.5 Å². The highest BCUT2D eigenvalue weighted by atomic mass is 15.1. The molecule has 100 valence electrons.